The van der Waals surface area contributed by atoms with E-state index in [9.17, 15) is 13.2 Å². The molecule has 4 bridgehead atoms. The topological polar surface area (TPSA) is 97.3 Å². The summed E-state index contributed by atoms with van der Waals surface area (Å²) in [4.78, 5) is 18.8. The zero-order valence-corrected chi connectivity index (χ0v) is 24.3. The van der Waals surface area contributed by atoms with Crippen LogP contribution in [-0.4, -0.2) is 60.5 Å². The van der Waals surface area contributed by atoms with Crippen LogP contribution in [0.4, 0.5) is 9.18 Å². The molecule has 10 heteroatoms. The molecule has 4 saturated carbocycles. The molecule has 2 heterocycles. The second kappa shape index (κ2) is 8.82. The Morgan fingerprint density at radius 1 is 1.18 bits per heavy atom. The van der Waals surface area contributed by atoms with Gasteiger partial charge in [-0.05, 0) is 108 Å². The maximum absolute atomic E-state index is 15.3. The number of carbonyl (C=O) groups is 1. The van der Waals surface area contributed by atoms with Crippen LogP contribution in [0.5, 0.6) is 0 Å². The zero-order chi connectivity index (χ0) is 28.0. The largest absolute Gasteiger partial charge is 0.457 e. The van der Waals surface area contributed by atoms with Crippen LogP contribution in [-0.2, 0) is 25.9 Å². The number of carbonyl (C=O) groups excluding carboxylic acids is 1. The van der Waals surface area contributed by atoms with Gasteiger partial charge in [0.25, 0.3) is 6.02 Å². The van der Waals surface area contributed by atoms with E-state index in [2.05, 4.69) is 4.72 Å². The van der Waals surface area contributed by atoms with E-state index in [4.69, 9.17) is 14.5 Å². The smallest absolute Gasteiger partial charge is 0.410 e. The van der Waals surface area contributed by atoms with Crippen molar-refractivity contribution in [3.8, 4) is 0 Å². The second-order valence-corrected chi connectivity index (χ2v) is 15.9. The lowest BCUT2D eigenvalue weighted by Gasteiger charge is -2.41. The summed E-state index contributed by atoms with van der Waals surface area (Å²) in [6.07, 6.45) is 5.28. The Morgan fingerprint density at radius 3 is 2.44 bits per heavy atom. The highest BCUT2D eigenvalue weighted by molar-refractivity contribution is 7.90. The summed E-state index contributed by atoms with van der Waals surface area (Å²) < 4.78 is 56.3. The van der Waals surface area contributed by atoms with Gasteiger partial charge in [0.05, 0.1) is 5.54 Å². The molecule has 214 valence electrons. The number of nitrogens with one attached hydrogen (secondary N) is 1. The molecule has 0 aromatic heterocycles. The monoisotopic (exact) mass is 561 g/mol. The lowest BCUT2D eigenvalue weighted by molar-refractivity contribution is 0.00817. The van der Waals surface area contributed by atoms with E-state index in [-0.39, 0.29) is 30.0 Å². The first-order valence-electron chi connectivity index (χ1n) is 14.2. The number of aliphatic imine (C=N–C) groups is 1. The molecule has 4 aliphatic carbocycles. The van der Waals surface area contributed by atoms with Crippen molar-refractivity contribution in [3.05, 3.63) is 35.1 Å². The van der Waals surface area contributed by atoms with Gasteiger partial charge in [-0.3, -0.25) is 0 Å². The molecule has 6 fully saturated rings. The fourth-order valence-electron chi connectivity index (χ4n) is 7.79. The van der Waals surface area contributed by atoms with Crippen molar-refractivity contribution in [3.63, 3.8) is 0 Å². The zero-order valence-electron chi connectivity index (χ0n) is 23.5. The normalized spacial score (nSPS) is 35.4. The van der Waals surface area contributed by atoms with E-state index in [0.29, 0.717) is 36.4 Å². The highest BCUT2D eigenvalue weighted by Crippen LogP contribution is 2.62. The Kier molecular flexibility index (Phi) is 6.07. The Balaban J connectivity index is 1.13. The molecular weight excluding hydrogens is 521 g/mol. The Hall–Kier alpha value is -2.36. The number of rotatable bonds is 4. The number of nitrogens with zero attached hydrogens (tertiary/aromatic N) is 2. The molecule has 1 aromatic rings. The van der Waals surface area contributed by atoms with Gasteiger partial charge in [-0.25, -0.2) is 27.3 Å². The average Bonchev–Trinajstić information content (AvgIpc) is 3.11. The number of likely N-dealkylation sites (tertiary alicyclic amines) is 1. The van der Waals surface area contributed by atoms with Gasteiger partial charge in [-0.2, -0.15) is 0 Å². The van der Waals surface area contributed by atoms with Gasteiger partial charge >= 0.3 is 6.09 Å². The Morgan fingerprint density at radius 2 is 1.85 bits per heavy atom. The lowest BCUT2D eigenvalue weighted by Crippen LogP contribution is -2.59. The minimum atomic E-state index is -3.85. The molecule has 1 N–H and O–H groups in total. The van der Waals surface area contributed by atoms with Gasteiger partial charge < -0.3 is 14.4 Å². The predicted molar refractivity (Wildman–Crippen MR) is 145 cm³/mol. The van der Waals surface area contributed by atoms with Crippen LogP contribution in [0.25, 0.3) is 0 Å². The SMILES string of the molecule is CC(C)(C)OC(=O)N1CC(c2ccc(CC3C(C)(C)OC(=NC45CC6CC(CC4C6)C5)NS3(=O)=O)c(F)c2)C1. The minimum absolute atomic E-state index is 0.0140. The molecule has 2 aliphatic heterocycles. The molecule has 7 rings (SSSR count). The Labute approximate surface area is 230 Å². The van der Waals surface area contributed by atoms with E-state index < -0.39 is 32.3 Å². The first-order chi connectivity index (χ1) is 18.1. The van der Waals surface area contributed by atoms with Crippen LogP contribution in [0.15, 0.2) is 23.2 Å². The minimum Gasteiger partial charge on any atom is -0.457 e. The predicted octanol–water partition coefficient (Wildman–Crippen LogP) is 4.73. The fraction of sp³-hybridized carbons (Fsp3) is 0.724. The Bertz CT molecular complexity index is 1300. The number of hydrogen-bond donors (Lipinski definition) is 1. The third kappa shape index (κ3) is 4.91. The summed E-state index contributed by atoms with van der Waals surface area (Å²) in [5, 5.41) is -0.982. The molecule has 3 unspecified atom stereocenters. The third-order valence-corrected chi connectivity index (χ3v) is 11.4. The van der Waals surface area contributed by atoms with Crippen LogP contribution < -0.4 is 4.72 Å². The molecule has 39 heavy (non-hydrogen) atoms. The molecule has 2 saturated heterocycles. The van der Waals surface area contributed by atoms with Gasteiger partial charge in [-0.15, -0.1) is 0 Å². The van der Waals surface area contributed by atoms with Crippen LogP contribution >= 0.6 is 0 Å². The summed E-state index contributed by atoms with van der Waals surface area (Å²) in [6.45, 7) is 9.87. The standard InChI is InChI=1S/C29H40FN3O5S/c1-27(2,3)38-26(34)33-15-21(16-33)19-6-7-20(23(30)11-19)12-24-28(4,5)37-25(32-39(24,35)36)31-29-13-17-8-18(14-29)10-22(29)9-17/h6-7,11,17-18,21-22,24H,8-10,12-16H2,1-5H3,(H,31,32). The van der Waals surface area contributed by atoms with Crippen LogP contribution in [0.2, 0.25) is 0 Å². The van der Waals surface area contributed by atoms with Crippen molar-refractivity contribution < 1.29 is 27.1 Å². The van der Waals surface area contributed by atoms with Gasteiger partial charge in [-0.1, -0.05) is 12.1 Å². The van der Waals surface area contributed by atoms with Crippen molar-refractivity contribution in [2.75, 3.05) is 13.1 Å². The summed E-state index contributed by atoms with van der Waals surface area (Å²) in [5.41, 5.74) is -0.742. The first kappa shape index (κ1) is 26.8. The highest BCUT2D eigenvalue weighted by atomic mass is 32.2. The van der Waals surface area contributed by atoms with Crippen molar-refractivity contribution in [1.82, 2.24) is 9.62 Å². The summed E-state index contributed by atoms with van der Waals surface area (Å²) in [5.74, 6) is 1.46. The molecular formula is C29H40FN3O5S. The second-order valence-electron chi connectivity index (χ2n) is 14.0. The van der Waals surface area contributed by atoms with Crippen LogP contribution in [0.3, 0.4) is 0 Å². The van der Waals surface area contributed by atoms with Crippen molar-refractivity contribution >= 4 is 22.1 Å². The number of sulfonamides is 1. The average molecular weight is 562 g/mol. The van der Waals surface area contributed by atoms with Crippen LogP contribution in [0, 0.1) is 23.6 Å². The maximum atomic E-state index is 15.3. The lowest BCUT2D eigenvalue weighted by atomic mass is 9.81. The van der Waals surface area contributed by atoms with E-state index in [1.54, 1.807) is 24.8 Å². The maximum Gasteiger partial charge on any atom is 0.410 e. The highest BCUT2D eigenvalue weighted by Gasteiger charge is 2.59. The molecule has 1 amide bonds. The fourth-order valence-corrected chi connectivity index (χ4v) is 9.46. The molecule has 6 aliphatic rings. The van der Waals surface area contributed by atoms with Crippen LogP contribution in [0.1, 0.15) is 83.8 Å². The number of benzene rings is 1. The van der Waals surface area contributed by atoms with E-state index >= 15 is 4.39 Å². The number of halogens is 1. The first-order valence-corrected chi connectivity index (χ1v) is 15.7. The number of ether oxygens (including phenoxy) is 2. The molecule has 3 atom stereocenters. The third-order valence-electron chi connectivity index (χ3n) is 9.50. The van der Waals surface area contributed by atoms with E-state index in [1.807, 2.05) is 26.8 Å². The summed E-state index contributed by atoms with van der Waals surface area (Å²) >= 11 is 0. The van der Waals surface area contributed by atoms with Crippen molar-refractivity contribution in [1.29, 1.82) is 0 Å². The van der Waals surface area contributed by atoms with Gasteiger partial charge in [0.15, 0.2) is 0 Å². The summed E-state index contributed by atoms with van der Waals surface area (Å²) in [7, 11) is -3.85. The van der Waals surface area contributed by atoms with Gasteiger partial charge in [0.2, 0.25) is 10.0 Å². The van der Waals surface area contributed by atoms with Crippen molar-refractivity contribution in [2.24, 2.45) is 22.7 Å². The van der Waals surface area contributed by atoms with E-state index in [1.165, 1.54) is 25.3 Å². The molecule has 0 radical (unpaired) electrons. The van der Waals surface area contributed by atoms with E-state index in [0.717, 1.165) is 18.4 Å². The molecule has 0 spiro atoms. The number of amidine groups is 1. The molecule has 1 aromatic carbocycles. The van der Waals surface area contributed by atoms with Gasteiger partial charge in [0.1, 0.15) is 22.3 Å². The number of amides is 1. The number of hydrogen-bond acceptors (Lipinski definition) is 6. The quantitative estimate of drug-likeness (QED) is 0.573. The van der Waals surface area contributed by atoms with Gasteiger partial charge in [0, 0.05) is 19.0 Å². The summed E-state index contributed by atoms with van der Waals surface area (Å²) in [6, 6.07) is 5.04. The van der Waals surface area contributed by atoms with Crippen molar-refractivity contribution in [2.45, 2.75) is 101 Å². The molecule has 8 nitrogen and oxygen atoms in total.